The summed E-state index contributed by atoms with van der Waals surface area (Å²) in [5.41, 5.74) is 4.79. The van der Waals surface area contributed by atoms with Crippen LogP contribution in [0.2, 0.25) is 0 Å². The molecule has 26 heavy (non-hydrogen) atoms. The van der Waals surface area contributed by atoms with E-state index in [1.807, 2.05) is 36.4 Å². The fourth-order valence-corrected chi connectivity index (χ4v) is 2.71. The molecule has 0 unspecified atom stereocenters. The van der Waals surface area contributed by atoms with Gasteiger partial charge in [0, 0.05) is 24.1 Å². The van der Waals surface area contributed by atoms with Gasteiger partial charge < -0.3 is 9.72 Å². The number of esters is 1. The Kier molecular flexibility index (Phi) is 5.64. The number of nitrogens with zero attached hydrogens (tertiary/aromatic N) is 1. The normalized spacial score (nSPS) is 10.5. The summed E-state index contributed by atoms with van der Waals surface area (Å²) in [5, 5.41) is 0. The number of aromatic amines is 1. The first kappa shape index (κ1) is 17.7. The first-order valence-corrected chi connectivity index (χ1v) is 8.59. The third-order valence-electron chi connectivity index (χ3n) is 4.04. The maximum atomic E-state index is 11.6. The van der Waals surface area contributed by atoms with Crippen molar-refractivity contribution in [2.24, 2.45) is 0 Å². The van der Waals surface area contributed by atoms with E-state index in [4.69, 9.17) is 4.74 Å². The summed E-state index contributed by atoms with van der Waals surface area (Å²) >= 11 is 0. The fourth-order valence-electron chi connectivity index (χ4n) is 2.71. The van der Waals surface area contributed by atoms with Crippen molar-refractivity contribution in [3.63, 3.8) is 0 Å². The first-order valence-electron chi connectivity index (χ1n) is 8.59. The van der Waals surface area contributed by atoms with E-state index in [0.717, 1.165) is 24.2 Å². The predicted octanol–water partition coefficient (Wildman–Crippen LogP) is 4.21. The molecule has 132 valence electrons. The molecule has 1 heterocycles. The van der Waals surface area contributed by atoms with E-state index >= 15 is 0 Å². The minimum Gasteiger partial charge on any atom is -0.454 e. The van der Waals surface area contributed by atoms with Crippen LogP contribution in [0.4, 0.5) is 0 Å². The van der Waals surface area contributed by atoms with Crippen LogP contribution in [0.25, 0.3) is 0 Å². The number of nitrogens with one attached hydrogen (secondary N) is 1. The Hall–Kier alpha value is -3.14. The molecule has 3 aromatic rings. The largest absolute Gasteiger partial charge is 0.454 e. The molecule has 0 fully saturated rings. The van der Waals surface area contributed by atoms with Crippen molar-refractivity contribution in [2.45, 2.75) is 26.4 Å². The monoisotopic (exact) mass is 346 g/mol. The Morgan fingerprint density at radius 2 is 1.58 bits per heavy atom. The van der Waals surface area contributed by atoms with Gasteiger partial charge in [0.05, 0.1) is 5.69 Å². The molecule has 0 aliphatic heterocycles. The summed E-state index contributed by atoms with van der Waals surface area (Å²) in [4.78, 5) is 19.6. The third-order valence-corrected chi connectivity index (χ3v) is 4.04. The molecule has 1 N–H and O–H groups in total. The zero-order valence-electron chi connectivity index (χ0n) is 14.9. The van der Waals surface area contributed by atoms with Crippen LogP contribution in [0.3, 0.4) is 0 Å². The number of carbonyl (C=O) groups is 1. The molecule has 0 aliphatic rings. The van der Waals surface area contributed by atoms with Gasteiger partial charge in [-0.2, -0.15) is 0 Å². The van der Waals surface area contributed by atoms with Crippen molar-refractivity contribution >= 4 is 5.97 Å². The maximum absolute atomic E-state index is 11.6. The zero-order chi connectivity index (χ0) is 18.4. The molecular formula is C22H22N2O2. The van der Waals surface area contributed by atoms with Crippen molar-refractivity contribution < 1.29 is 9.53 Å². The van der Waals surface area contributed by atoms with E-state index < -0.39 is 5.97 Å². The quantitative estimate of drug-likeness (QED) is 0.515. The molecule has 0 atom stereocenters. The molecule has 0 saturated heterocycles. The number of rotatable bonds is 7. The van der Waals surface area contributed by atoms with Gasteiger partial charge in [0.1, 0.15) is 12.4 Å². The van der Waals surface area contributed by atoms with E-state index in [9.17, 15) is 4.79 Å². The average Bonchev–Trinajstić information content (AvgIpc) is 3.02. The van der Waals surface area contributed by atoms with Crippen LogP contribution < -0.4 is 0 Å². The molecule has 3 rings (SSSR count). The number of benzene rings is 2. The Balaban J connectivity index is 1.82. The van der Waals surface area contributed by atoms with E-state index in [1.165, 1.54) is 11.1 Å². The lowest BCUT2D eigenvalue weighted by Gasteiger charge is -2.03. The van der Waals surface area contributed by atoms with Crippen molar-refractivity contribution in [1.29, 1.82) is 0 Å². The first-order chi connectivity index (χ1) is 12.6. The average molecular weight is 346 g/mol. The van der Waals surface area contributed by atoms with Gasteiger partial charge in [-0.3, -0.25) is 0 Å². The van der Waals surface area contributed by atoms with Crippen LogP contribution in [0.5, 0.6) is 0 Å². The van der Waals surface area contributed by atoms with Crippen molar-refractivity contribution in [2.75, 3.05) is 0 Å². The van der Waals surface area contributed by atoms with Crippen molar-refractivity contribution in [3.8, 4) is 0 Å². The highest BCUT2D eigenvalue weighted by Gasteiger charge is 2.13. The Labute approximate surface area is 153 Å². The molecule has 0 spiro atoms. The molecule has 4 heteroatoms. The van der Waals surface area contributed by atoms with Crippen molar-refractivity contribution in [1.82, 2.24) is 9.97 Å². The second-order valence-corrected chi connectivity index (χ2v) is 6.29. The standard InChI is InChI=1S/C22H22N2O2/c1-16(2)22(25)26-15-21-23-19(13-17-9-5-3-6-10-17)20(24-21)14-18-11-7-4-8-12-18/h3-12H,1,13-15H2,2H3,(H,23,24). The molecule has 0 bridgehead atoms. The van der Waals surface area contributed by atoms with Gasteiger partial charge in [-0.25, -0.2) is 9.78 Å². The molecule has 0 amide bonds. The van der Waals surface area contributed by atoms with Gasteiger partial charge in [0.15, 0.2) is 0 Å². The number of hydrogen-bond acceptors (Lipinski definition) is 3. The minimum atomic E-state index is -0.407. The molecule has 4 nitrogen and oxygen atoms in total. The molecule has 2 aromatic carbocycles. The summed E-state index contributed by atoms with van der Waals surface area (Å²) in [6.07, 6.45) is 1.48. The van der Waals surface area contributed by atoms with Gasteiger partial charge in [-0.05, 0) is 18.1 Å². The summed E-state index contributed by atoms with van der Waals surface area (Å²) in [6, 6.07) is 20.5. The van der Waals surface area contributed by atoms with Crippen LogP contribution in [-0.4, -0.2) is 15.9 Å². The van der Waals surface area contributed by atoms with Gasteiger partial charge in [0.25, 0.3) is 0 Å². The van der Waals surface area contributed by atoms with Crippen LogP contribution in [0.1, 0.15) is 35.3 Å². The zero-order valence-corrected chi connectivity index (χ0v) is 14.9. The SMILES string of the molecule is C=C(C)C(=O)OCc1nc(Cc2ccccc2)c(Cc2ccccc2)[nH]1. The van der Waals surface area contributed by atoms with E-state index in [-0.39, 0.29) is 6.61 Å². The number of hydrogen-bond donors (Lipinski definition) is 1. The van der Waals surface area contributed by atoms with E-state index in [2.05, 4.69) is 40.8 Å². The van der Waals surface area contributed by atoms with E-state index in [0.29, 0.717) is 11.4 Å². The number of aromatic nitrogens is 2. The highest BCUT2D eigenvalue weighted by molar-refractivity contribution is 5.86. The second kappa shape index (κ2) is 8.30. The van der Waals surface area contributed by atoms with Crippen LogP contribution in [-0.2, 0) is 29.0 Å². The fraction of sp³-hybridized carbons (Fsp3) is 0.182. The van der Waals surface area contributed by atoms with Crippen LogP contribution in [0.15, 0.2) is 72.8 Å². The van der Waals surface area contributed by atoms with E-state index in [1.54, 1.807) is 6.92 Å². The second-order valence-electron chi connectivity index (χ2n) is 6.29. The topological polar surface area (TPSA) is 55.0 Å². The maximum Gasteiger partial charge on any atom is 0.333 e. The van der Waals surface area contributed by atoms with Crippen LogP contribution in [0, 0.1) is 0 Å². The third kappa shape index (κ3) is 4.70. The molecule has 0 saturated carbocycles. The van der Waals surface area contributed by atoms with Gasteiger partial charge in [-0.1, -0.05) is 67.2 Å². The Morgan fingerprint density at radius 3 is 2.15 bits per heavy atom. The lowest BCUT2D eigenvalue weighted by atomic mass is 10.0. The van der Waals surface area contributed by atoms with Gasteiger partial charge in [0.2, 0.25) is 0 Å². The Morgan fingerprint density at radius 1 is 1.00 bits per heavy atom. The molecular weight excluding hydrogens is 324 g/mol. The van der Waals surface area contributed by atoms with Crippen molar-refractivity contribution in [3.05, 3.63) is 101 Å². The highest BCUT2D eigenvalue weighted by Crippen LogP contribution is 2.17. The number of carbonyl (C=O) groups excluding carboxylic acids is 1. The Bertz CT molecular complexity index is 824. The number of imidazole rings is 1. The lowest BCUT2D eigenvalue weighted by Crippen LogP contribution is -2.05. The number of ether oxygens (including phenoxy) is 1. The summed E-state index contributed by atoms with van der Waals surface area (Å²) < 4.78 is 5.23. The summed E-state index contributed by atoms with van der Waals surface area (Å²) in [7, 11) is 0. The van der Waals surface area contributed by atoms with Gasteiger partial charge >= 0.3 is 5.97 Å². The molecule has 0 radical (unpaired) electrons. The lowest BCUT2D eigenvalue weighted by molar-refractivity contribution is -0.140. The van der Waals surface area contributed by atoms with Gasteiger partial charge in [-0.15, -0.1) is 0 Å². The highest BCUT2D eigenvalue weighted by atomic mass is 16.5. The smallest absolute Gasteiger partial charge is 0.333 e. The summed E-state index contributed by atoms with van der Waals surface area (Å²) in [6.45, 7) is 5.34. The number of H-pyrrole nitrogens is 1. The van der Waals surface area contributed by atoms with Crippen LogP contribution >= 0.6 is 0 Å². The predicted molar refractivity (Wildman–Crippen MR) is 102 cm³/mol. The minimum absolute atomic E-state index is 0.113. The summed E-state index contributed by atoms with van der Waals surface area (Å²) in [5.74, 6) is 0.243. The molecule has 1 aromatic heterocycles. The molecule has 0 aliphatic carbocycles.